The molecule has 4 rings (SSSR count). The van der Waals surface area contributed by atoms with E-state index >= 15 is 0 Å². The molecule has 0 spiro atoms. The maximum absolute atomic E-state index is 13.4. The van der Waals surface area contributed by atoms with Crippen molar-refractivity contribution in [2.75, 3.05) is 5.32 Å². The Kier molecular flexibility index (Phi) is 4.73. The predicted molar refractivity (Wildman–Crippen MR) is 117 cm³/mol. The van der Waals surface area contributed by atoms with Crippen molar-refractivity contribution in [2.45, 2.75) is 38.4 Å². The Bertz CT molecular complexity index is 987. The molecule has 2 aromatic carbocycles. The van der Waals surface area contributed by atoms with Gasteiger partial charge in [-0.3, -0.25) is 9.59 Å². The van der Waals surface area contributed by atoms with Crippen molar-refractivity contribution in [2.24, 2.45) is 26.5 Å². The van der Waals surface area contributed by atoms with E-state index in [0.717, 1.165) is 12.1 Å². The second kappa shape index (κ2) is 6.87. The molecule has 2 aliphatic carbocycles. The Morgan fingerprint density at radius 3 is 2.10 bits per heavy atom. The molecule has 0 unspecified atom stereocenters. The first-order valence-corrected chi connectivity index (χ1v) is 10.7. The summed E-state index contributed by atoms with van der Waals surface area (Å²) in [6.45, 7) is 6.09. The van der Waals surface area contributed by atoms with E-state index in [-0.39, 0.29) is 11.7 Å². The lowest BCUT2D eigenvalue weighted by Gasteiger charge is -2.39. The van der Waals surface area contributed by atoms with Crippen LogP contribution in [0.4, 0.5) is 17.1 Å². The number of azo groups is 1. The van der Waals surface area contributed by atoms with Crippen LogP contribution < -0.4 is 5.32 Å². The summed E-state index contributed by atoms with van der Waals surface area (Å²) in [7, 11) is 0. The Morgan fingerprint density at radius 1 is 0.966 bits per heavy atom. The molecule has 1 N–H and O–H groups in total. The quantitative estimate of drug-likeness (QED) is 0.442. The fourth-order valence-electron chi connectivity index (χ4n) is 4.92. The van der Waals surface area contributed by atoms with Gasteiger partial charge in [0.2, 0.25) is 5.91 Å². The summed E-state index contributed by atoms with van der Waals surface area (Å²) in [5.41, 5.74) is 0.536. The largest absolute Gasteiger partial charge is 0.326 e. The third-order valence-electron chi connectivity index (χ3n) is 7.29. The second-order valence-corrected chi connectivity index (χ2v) is 9.61. The number of anilines is 1. The van der Waals surface area contributed by atoms with Gasteiger partial charge in [-0.05, 0) is 54.7 Å². The molecule has 150 valence electrons. The van der Waals surface area contributed by atoms with E-state index in [4.69, 9.17) is 0 Å². The molecule has 6 heteroatoms. The Balaban J connectivity index is 1.52. The number of ketones is 1. The van der Waals surface area contributed by atoms with Crippen LogP contribution >= 0.6 is 15.9 Å². The Hall–Kier alpha value is -2.34. The molecular formula is C23H24BrN3O2. The third-order valence-corrected chi connectivity index (χ3v) is 8.49. The molecule has 2 aliphatic rings. The molecule has 1 amide bonds. The summed E-state index contributed by atoms with van der Waals surface area (Å²) in [6.07, 6.45) is 1.44. The summed E-state index contributed by atoms with van der Waals surface area (Å²) in [6, 6.07) is 16.8. The number of fused-ring (bicyclic) bond motifs is 2. The molecule has 2 aromatic rings. The van der Waals surface area contributed by atoms with Crippen LogP contribution in [-0.4, -0.2) is 16.5 Å². The summed E-state index contributed by atoms with van der Waals surface area (Å²) in [5.74, 6) is 0.0400. The van der Waals surface area contributed by atoms with E-state index in [0.29, 0.717) is 17.8 Å². The number of rotatable bonds is 4. The van der Waals surface area contributed by atoms with Gasteiger partial charge < -0.3 is 5.32 Å². The van der Waals surface area contributed by atoms with Crippen LogP contribution in [0.1, 0.15) is 33.6 Å². The highest BCUT2D eigenvalue weighted by molar-refractivity contribution is 9.10. The summed E-state index contributed by atoms with van der Waals surface area (Å²) in [5, 5.41) is 11.5. The minimum atomic E-state index is -0.746. The lowest BCUT2D eigenvalue weighted by Crippen LogP contribution is -2.47. The lowest BCUT2D eigenvalue weighted by molar-refractivity contribution is -0.130. The number of hydrogen-bond donors (Lipinski definition) is 1. The van der Waals surface area contributed by atoms with Gasteiger partial charge in [-0.2, -0.15) is 10.2 Å². The first-order chi connectivity index (χ1) is 13.7. The molecule has 2 saturated carbocycles. The number of alkyl halides is 1. The Labute approximate surface area is 179 Å². The van der Waals surface area contributed by atoms with E-state index in [1.807, 2.05) is 75.4 Å². The van der Waals surface area contributed by atoms with Crippen molar-refractivity contribution >= 4 is 44.7 Å². The van der Waals surface area contributed by atoms with E-state index in [9.17, 15) is 9.59 Å². The molecule has 2 bridgehead atoms. The van der Waals surface area contributed by atoms with Gasteiger partial charge in [0, 0.05) is 11.1 Å². The van der Waals surface area contributed by atoms with Crippen LogP contribution in [0.2, 0.25) is 0 Å². The van der Waals surface area contributed by atoms with Gasteiger partial charge in [0.05, 0.1) is 21.6 Å². The zero-order valence-electron chi connectivity index (χ0n) is 16.8. The van der Waals surface area contributed by atoms with Gasteiger partial charge in [-0.25, -0.2) is 0 Å². The van der Waals surface area contributed by atoms with Gasteiger partial charge in [-0.15, -0.1) is 0 Å². The van der Waals surface area contributed by atoms with Crippen LogP contribution in [0.15, 0.2) is 64.8 Å². The minimum absolute atomic E-state index is 0.0994. The smallest absolute Gasteiger partial charge is 0.232 e. The number of carbonyl (C=O) groups is 2. The van der Waals surface area contributed by atoms with E-state index in [1.54, 1.807) is 0 Å². The highest BCUT2D eigenvalue weighted by Crippen LogP contribution is 2.72. The van der Waals surface area contributed by atoms with E-state index < -0.39 is 21.1 Å². The molecule has 29 heavy (non-hydrogen) atoms. The summed E-state index contributed by atoms with van der Waals surface area (Å²) < 4.78 is 0. The normalized spacial score (nSPS) is 30.1. The number of carbonyl (C=O) groups excluding carboxylic acids is 2. The Morgan fingerprint density at radius 2 is 1.55 bits per heavy atom. The molecule has 3 atom stereocenters. The molecule has 0 saturated heterocycles. The van der Waals surface area contributed by atoms with Crippen molar-refractivity contribution in [3.8, 4) is 0 Å². The number of Topliss-reactive ketones (excluding diaryl/α,β-unsaturated/α-hetero) is 1. The number of nitrogens with zero attached hydrogens (tertiary/aromatic N) is 2. The zero-order chi connectivity index (χ0) is 20.9. The van der Waals surface area contributed by atoms with Gasteiger partial charge in [0.25, 0.3) is 0 Å². The highest BCUT2D eigenvalue weighted by Gasteiger charge is 2.76. The first kappa shape index (κ1) is 20.0. The van der Waals surface area contributed by atoms with Crippen molar-refractivity contribution < 1.29 is 9.59 Å². The molecular weight excluding hydrogens is 430 g/mol. The van der Waals surface area contributed by atoms with Gasteiger partial charge >= 0.3 is 0 Å². The molecule has 5 nitrogen and oxygen atoms in total. The summed E-state index contributed by atoms with van der Waals surface area (Å²) >= 11 is 3.56. The number of halogens is 1. The van der Waals surface area contributed by atoms with Crippen molar-refractivity contribution in [3.63, 3.8) is 0 Å². The second-order valence-electron chi connectivity index (χ2n) is 8.69. The minimum Gasteiger partial charge on any atom is -0.326 e. The number of hydrogen-bond acceptors (Lipinski definition) is 4. The number of benzene rings is 2. The molecule has 0 aliphatic heterocycles. The number of amides is 1. The van der Waals surface area contributed by atoms with Crippen molar-refractivity contribution in [1.29, 1.82) is 0 Å². The standard InChI is InChI=1S/C23H24BrN3O2/c1-21(2)22(3)13-14-23(21,18(24)19(22)28)20(29)25-15-9-11-17(12-10-15)27-26-16-7-5-4-6-8-16/h4-12,18H,13-14H2,1-3H3,(H,25,29)/t18-,22+,23-/m0/s1. The van der Waals surface area contributed by atoms with Crippen molar-refractivity contribution in [1.82, 2.24) is 0 Å². The van der Waals surface area contributed by atoms with Crippen LogP contribution in [0, 0.1) is 16.2 Å². The van der Waals surface area contributed by atoms with Gasteiger partial charge in [0.1, 0.15) is 0 Å². The topological polar surface area (TPSA) is 70.9 Å². The third kappa shape index (κ3) is 2.80. The van der Waals surface area contributed by atoms with Gasteiger partial charge in [-0.1, -0.05) is 54.9 Å². The lowest BCUT2D eigenvalue weighted by atomic mass is 9.64. The van der Waals surface area contributed by atoms with Crippen LogP contribution in [0.25, 0.3) is 0 Å². The maximum Gasteiger partial charge on any atom is 0.232 e. The average molecular weight is 454 g/mol. The van der Waals surface area contributed by atoms with E-state index in [2.05, 4.69) is 31.5 Å². The van der Waals surface area contributed by atoms with Gasteiger partial charge in [0.15, 0.2) is 5.78 Å². The average Bonchev–Trinajstić information content (AvgIpc) is 2.99. The molecule has 0 heterocycles. The molecule has 0 aromatic heterocycles. The predicted octanol–water partition coefficient (Wildman–Crippen LogP) is 6.20. The van der Waals surface area contributed by atoms with E-state index in [1.165, 1.54) is 0 Å². The SMILES string of the molecule is CC1(C)[C@]2(C)CC[C@@]1(C(=O)Nc1ccc(N=Nc3ccccc3)cc1)[C@@H](Br)C2=O. The van der Waals surface area contributed by atoms with Crippen molar-refractivity contribution in [3.05, 3.63) is 54.6 Å². The fraction of sp³-hybridized carbons (Fsp3) is 0.391. The number of nitrogens with one attached hydrogen (secondary N) is 1. The van der Waals surface area contributed by atoms with Crippen LogP contribution in [-0.2, 0) is 9.59 Å². The van der Waals surface area contributed by atoms with Crippen LogP contribution in [0.5, 0.6) is 0 Å². The van der Waals surface area contributed by atoms with Crippen LogP contribution in [0.3, 0.4) is 0 Å². The molecule has 0 radical (unpaired) electrons. The zero-order valence-corrected chi connectivity index (χ0v) is 18.4. The first-order valence-electron chi connectivity index (χ1n) is 9.79. The summed E-state index contributed by atoms with van der Waals surface area (Å²) in [4.78, 5) is 25.8. The molecule has 2 fully saturated rings. The fourth-order valence-corrected chi connectivity index (χ4v) is 6.43. The maximum atomic E-state index is 13.4. The monoisotopic (exact) mass is 453 g/mol. The highest BCUT2D eigenvalue weighted by atomic mass is 79.9.